The predicted octanol–water partition coefficient (Wildman–Crippen LogP) is 3.62. The second-order valence-corrected chi connectivity index (χ2v) is 7.15. The molecular formula is C22H32N4O3. The first-order chi connectivity index (χ1) is 13.8. The SMILES string of the molecule is CC/C(C)=C(/N)n1ccnc1/C=C(\C)c1ccc(O)c(OCCOCN(C)C)c1. The van der Waals surface area contributed by atoms with E-state index in [9.17, 15) is 5.11 Å². The monoisotopic (exact) mass is 400 g/mol. The van der Waals surface area contributed by atoms with E-state index in [4.69, 9.17) is 15.2 Å². The van der Waals surface area contributed by atoms with Crippen LogP contribution in [0.2, 0.25) is 0 Å². The third-order valence-corrected chi connectivity index (χ3v) is 4.49. The molecule has 0 amide bonds. The molecule has 0 aliphatic rings. The fourth-order valence-corrected chi connectivity index (χ4v) is 2.62. The topological polar surface area (TPSA) is 85.8 Å². The molecule has 1 heterocycles. The van der Waals surface area contributed by atoms with Gasteiger partial charge in [0.05, 0.1) is 13.3 Å². The van der Waals surface area contributed by atoms with Gasteiger partial charge in [0.2, 0.25) is 0 Å². The van der Waals surface area contributed by atoms with Crippen LogP contribution in [0.3, 0.4) is 0 Å². The summed E-state index contributed by atoms with van der Waals surface area (Å²) < 4.78 is 13.0. The number of nitrogens with two attached hydrogens (primary N) is 1. The number of imidazole rings is 1. The summed E-state index contributed by atoms with van der Waals surface area (Å²) in [7, 11) is 3.87. The summed E-state index contributed by atoms with van der Waals surface area (Å²) >= 11 is 0. The maximum Gasteiger partial charge on any atom is 0.161 e. The fraction of sp³-hybridized carbons (Fsp3) is 0.409. The Kier molecular flexibility index (Phi) is 8.30. The number of nitrogens with zero attached hydrogens (tertiary/aromatic N) is 3. The van der Waals surface area contributed by atoms with Gasteiger partial charge >= 0.3 is 0 Å². The lowest BCUT2D eigenvalue weighted by molar-refractivity contribution is 0.0380. The van der Waals surface area contributed by atoms with E-state index in [2.05, 4.69) is 11.9 Å². The van der Waals surface area contributed by atoms with Crippen LogP contribution in [0.5, 0.6) is 11.5 Å². The highest BCUT2D eigenvalue weighted by Crippen LogP contribution is 2.30. The Morgan fingerprint density at radius 3 is 2.72 bits per heavy atom. The van der Waals surface area contributed by atoms with Gasteiger partial charge < -0.3 is 20.3 Å². The number of phenols is 1. The van der Waals surface area contributed by atoms with Crippen molar-refractivity contribution in [1.29, 1.82) is 0 Å². The summed E-state index contributed by atoms with van der Waals surface area (Å²) in [5.74, 6) is 1.96. The average Bonchev–Trinajstić information content (AvgIpc) is 3.15. The zero-order valence-corrected chi connectivity index (χ0v) is 18.0. The van der Waals surface area contributed by atoms with E-state index in [1.807, 2.05) is 61.8 Å². The van der Waals surface area contributed by atoms with Crippen molar-refractivity contribution >= 4 is 17.5 Å². The lowest BCUT2D eigenvalue weighted by atomic mass is 10.1. The number of hydrogen-bond donors (Lipinski definition) is 2. The molecule has 0 atom stereocenters. The molecule has 0 unspecified atom stereocenters. The molecule has 1 aromatic carbocycles. The minimum absolute atomic E-state index is 0.0985. The predicted molar refractivity (Wildman–Crippen MR) is 117 cm³/mol. The second-order valence-electron chi connectivity index (χ2n) is 7.15. The third kappa shape index (κ3) is 6.37. The van der Waals surface area contributed by atoms with Gasteiger partial charge in [0.25, 0.3) is 0 Å². The molecule has 0 aliphatic heterocycles. The molecule has 7 heteroatoms. The molecule has 0 aliphatic carbocycles. The van der Waals surface area contributed by atoms with E-state index < -0.39 is 0 Å². The standard InChI is InChI=1S/C22H32N4O3/c1-6-16(2)22(23)26-10-9-24-21(26)13-17(3)18-7-8-19(27)20(14-18)29-12-11-28-15-25(4)5/h7-10,13-14,27H,6,11-12,15,23H2,1-5H3/b17-13+,22-16-. The Morgan fingerprint density at radius 1 is 1.28 bits per heavy atom. The van der Waals surface area contributed by atoms with Crippen LogP contribution in [0.25, 0.3) is 17.5 Å². The van der Waals surface area contributed by atoms with Gasteiger partial charge in [-0.3, -0.25) is 9.47 Å². The van der Waals surface area contributed by atoms with Crippen molar-refractivity contribution in [1.82, 2.24) is 14.5 Å². The van der Waals surface area contributed by atoms with Crippen LogP contribution >= 0.6 is 0 Å². The van der Waals surface area contributed by atoms with Crippen LogP contribution in [0, 0.1) is 0 Å². The first-order valence-electron chi connectivity index (χ1n) is 9.69. The Balaban J connectivity index is 2.16. The second kappa shape index (κ2) is 10.7. The van der Waals surface area contributed by atoms with E-state index in [0.29, 0.717) is 31.5 Å². The smallest absolute Gasteiger partial charge is 0.161 e. The van der Waals surface area contributed by atoms with Crippen molar-refractivity contribution in [2.45, 2.75) is 27.2 Å². The molecule has 29 heavy (non-hydrogen) atoms. The summed E-state index contributed by atoms with van der Waals surface area (Å²) in [6.07, 6.45) is 6.43. The van der Waals surface area contributed by atoms with Crippen LogP contribution in [0.1, 0.15) is 38.6 Å². The summed E-state index contributed by atoms with van der Waals surface area (Å²) in [4.78, 5) is 6.35. The summed E-state index contributed by atoms with van der Waals surface area (Å²) in [5.41, 5.74) is 9.27. The molecule has 2 aromatic rings. The molecule has 7 nitrogen and oxygen atoms in total. The number of allylic oxidation sites excluding steroid dienone is 2. The van der Waals surface area contributed by atoms with Gasteiger partial charge in [-0.15, -0.1) is 0 Å². The molecule has 0 radical (unpaired) electrons. The van der Waals surface area contributed by atoms with Gasteiger partial charge in [-0.25, -0.2) is 4.98 Å². The highest BCUT2D eigenvalue weighted by Gasteiger charge is 2.09. The number of aromatic hydroxyl groups is 1. The molecule has 0 saturated heterocycles. The number of benzene rings is 1. The molecule has 2 rings (SSSR count). The molecule has 3 N–H and O–H groups in total. The minimum atomic E-state index is 0.0985. The molecule has 0 bridgehead atoms. The van der Waals surface area contributed by atoms with Gasteiger partial charge in [0.15, 0.2) is 11.5 Å². The fourth-order valence-electron chi connectivity index (χ4n) is 2.62. The van der Waals surface area contributed by atoms with Crippen molar-refractivity contribution < 1.29 is 14.6 Å². The van der Waals surface area contributed by atoms with E-state index in [1.54, 1.807) is 12.3 Å². The van der Waals surface area contributed by atoms with Crippen LogP contribution in [0.15, 0.2) is 36.2 Å². The molecule has 1 aromatic heterocycles. The molecule has 0 saturated carbocycles. The van der Waals surface area contributed by atoms with Crippen LogP contribution in [0.4, 0.5) is 0 Å². The van der Waals surface area contributed by atoms with E-state index in [0.717, 1.165) is 29.0 Å². The average molecular weight is 401 g/mol. The first kappa shape index (κ1) is 22.5. The lowest BCUT2D eigenvalue weighted by Gasteiger charge is -2.13. The highest BCUT2D eigenvalue weighted by atomic mass is 16.5. The third-order valence-electron chi connectivity index (χ3n) is 4.49. The Morgan fingerprint density at radius 2 is 2.03 bits per heavy atom. The zero-order valence-electron chi connectivity index (χ0n) is 18.0. The molecule has 158 valence electrons. The number of phenolic OH excluding ortho intramolecular Hbond substituents is 1. The Hall–Kier alpha value is -2.77. The Labute approximate surface area is 173 Å². The first-order valence-corrected chi connectivity index (χ1v) is 9.69. The van der Waals surface area contributed by atoms with Crippen LogP contribution in [-0.2, 0) is 4.74 Å². The van der Waals surface area contributed by atoms with Crippen molar-refractivity contribution in [2.75, 3.05) is 34.0 Å². The van der Waals surface area contributed by atoms with Gasteiger partial charge in [-0.1, -0.05) is 13.0 Å². The summed E-state index contributed by atoms with van der Waals surface area (Å²) in [5, 5.41) is 10.1. The van der Waals surface area contributed by atoms with Gasteiger partial charge in [0, 0.05) is 12.4 Å². The van der Waals surface area contributed by atoms with E-state index in [1.165, 1.54) is 0 Å². The van der Waals surface area contributed by atoms with Gasteiger partial charge in [-0.05, 0) is 69.3 Å². The molecule has 0 fully saturated rings. The van der Waals surface area contributed by atoms with E-state index in [-0.39, 0.29) is 5.75 Å². The summed E-state index contributed by atoms with van der Waals surface area (Å²) in [6.45, 7) is 7.40. The number of ether oxygens (including phenoxy) is 2. The van der Waals surface area contributed by atoms with Crippen molar-refractivity contribution in [3.05, 3.63) is 47.6 Å². The maximum absolute atomic E-state index is 10.1. The van der Waals surface area contributed by atoms with E-state index >= 15 is 0 Å². The highest BCUT2D eigenvalue weighted by molar-refractivity contribution is 5.80. The number of hydrogen-bond acceptors (Lipinski definition) is 6. The van der Waals surface area contributed by atoms with Crippen molar-refractivity contribution in [3.8, 4) is 11.5 Å². The largest absolute Gasteiger partial charge is 0.504 e. The van der Waals surface area contributed by atoms with Crippen LogP contribution in [-0.4, -0.2) is 53.6 Å². The normalized spacial score (nSPS) is 13.0. The van der Waals surface area contributed by atoms with Gasteiger partial charge in [-0.2, -0.15) is 0 Å². The maximum atomic E-state index is 10.1. The lowest BCUT2D eigenvalue weighted by Crippen LogP contribution is -2.18. The Bertz CT molecular complexity index is 869. The molecule has 0 spiro atoms. The van der Waals surface area contributed by atoms with Crippen LogP contribution < -0.4 is 10.5 Å². The van der Waals surface area contributed by atoms with Gasteiger partial charge in [0.1, 0.15) is 18.3 Å². The quantitative estimate of drug-likeness (QED) is 0.468. The number of aromatic nitrogens is 2. The minimum Gasteiger partial charge on any atom is -0.504 e. The van der Waals surface area contributed by atoms with Crippen molar-refractivity contribution in [2.24, 2.45) is 5.73 Å². The zero-order chi connectivity index (χ0) is 21.4. The van der Waals surface area contributed by atoms with Crippen molar-refractivity contribution in [3.63, 3.8) is 0 Å². The summed E-state index contributed by atoms with van der Waals surface area (Å²) in [6, 6.07) is 5.29. The molecular weight excluding hydrogens is 368 g/mol. The number of rotatable bonds is 10.